The summed E-state index contributed by atoms with van der Waals surface area (Å²) in [5.41, 5.74) is 2.04. The monoisotopic (exact) mass is 249 g/mol. The molecule has 0 amide bonds. The zero-order valence-electron chi connectivity index (χ0n) is 11.4. The van der Waals surface area contributed by atoms with Crippen LogP contribution in [0.4, 0.5) is 0 Å². The van der Waals surface area contributed by atoms with E-state index in [0.29, 0.717) is 6.61 Å². The van der Waals surface area contributed by atoms with Crippen LogP contribution in [0.1, 0.15) is 37.0 Å². The Morgan fingerprint density at radius 1 is 1.33 bits per heavy atom. The van der Waals surface area contributed by atoms with Crippen molar-refractivity contribution in [2.75, 3.05) is 26.2 Å². The van der Waals surface area contributed by atoms with Crippen molar-refractivity contribution in [1.82, 2.24) is 4.90 Å². The molecule has 2 rings (SSSR count). The summed E-state index contributed by atoms with van der Waals surface area (Å²) in [5, 5.41) is 9.72. The molecule has 3 nitrogen and oxygen atoms in total. The van der Waals surface area contributed by atoms with E-state index < -0.39 is 6.10 Å². The van der Waals surface area contributed by atoms with Crippen molar-refractivity contribution in [1.29, 1.82) is 0 Å². The van der Waals surface area contributed by atoms with Crippen molar-refractivity contribution < 1.29 is 9.84 Å². The van der Waals surface area contributed by atoms with Gasteiger partial charge in [0.2, 0.25) is 0 Å². The quantitative estimate of drug-likeness (QED) is 0.870. The molecule has 1 fully saturated rings. The average Bonchev–Trinajstić information content (AvgIpc) is 2.82. The maximum atomic E-state index is 9.72. The molecule has 1 saturated heterocycles. The van der Waals surface area contributed by atoms with E-state index in [-0.39, 0.29) is 0 Å². The maximum Gasteiger partial charge on any atom is 0.125 e. The fraction of sp³-hybridized carbons (Fsp3) is 0.600. The summed E-state index contributed by atoms with van der Waals surface area (Å²) < 4.78 is 5.84. The molecule has 0 radical (unpaired) electrons. The lowest BCUT2D eigenvalue weighted by Gasteiger charge is -2.17. The van der Waals surface area contributed by atoms with E-state index in [1.54, 1.807) is 6.92 Å². The lowest BCUT2D eigenvalue weighted by atomic mass is 10.1. The first-order valence-corrected chi connectivity index (χ1v) is 6.80. The van der Waals surface area contributed by atoms with Crippen LogP contribution in [-0.2, 0) is 0 Å². The number of aryl methyl sites for hydroxylation is 1. The van der Waals surface area contributed by atoms with Crippen molar-refractivity contribution in [2.24, 2.45) is 0 Å². The third-order valence-electron chi connectivity index (χ3n) is 3.48. The highest BCUT2D eigenvalue weighted by atomic mass is 16.5. The summed E-state index contributed by atoms with van der Waals surface area (Å²) in [5.74, 6) is 0.823. The molecule has 1 aliphatic rings. The van der Waals surface area contributed by atoms with Crippen molar-refractivity contribution in [3.05, 3.63) is 29.3 Å². The summed E-state index contributed by atoms with van der Waals surface area (Å²) in [6, 6.07) is 5.96. The summed E-state index contributed by atoms with van der Waals surface area (Å²) in [4.78, 5) is 2.43. The summed E-state index contributed by atoms with van der Waals surface area (Å²) >= 11 is 0. The van der Waals surface area contributed by atoms with Crippen LogP contribution in [0.3, 0.4) is 0 Å². The molecule has 1 aliphatic heterocycles. The van der Waals surface area contributed by atoms with Crippen LogP contribution >= 0.6 is 0 Å². The Kier molecular flexibility index (Phi) is 4.61. The molecule has 0 aliphatic carbocycles. The molecule has 0 unspecified atom stereocenters. The number of ether oxygens (including phenoxy) is 1. The molecule has 0 aromatic heterocycles. The fourth-order valence-corrected chi connectivity index (χ4v) is 2.40. The van der Waals surface area contributed by atoms with Gasteiger partial charge >= 0.3 is 0 Å². The molecule has 3 heteroatoms. The molecule has 1 aromatic rings. The van der Waals surface area contributed by atoms with E-state index in [2.05, 4.69) is 4.90 Å². The predicted molar refractivity (Wildman–Crippen MR) is 73.0 cm³/mol. The Hall–Kier alpha value is -1.06. The van der Waals surface area contributed by atoms with Crippen molar-refractivity contribution in [2.45, 2.75) is 32.8 Å². The fourth-order valence-electron chi connectivity index (χ4n) is 2.40. The summed E-state index contributed by atoms with van der Waals surface area (Å²) in [6.45, 7) is 7.88. The first-order chi connectivity index (χ1) is 8.66. The molecule has 0 spiro atoms. The van der Waals surface area contributed by atoms with Crippen LogP contribution < -0.4 is 4.74 Å². The Morgan fingerprint density at radius 2 is 2.06 bits per heavy atom. The van der Waals surface area contributed by atoms with Gasteiger partial charge in [0.25, 0.3) is 0 Å². The van der Waals surface area contributed by atoms with Gasteiger partial charge in [-0.2, -0.15) is 0 Å². The summed E-state index contributed by atoms with van der Waals surface area (Å²) in [7, 11) is 0. The Morgan fingerprint density at radius 3 is 2.72 bits per heavy atom. The first kappa shape index (κ1) is 13.4. The highest BCUT2D eigenvalue weighted by Crippen LogP contribution is 2.26. The van der Waals surface area contributed by atoms with E-state index in [0.717, 1.165) is 23.4 Å². The maximum absolute atomic E-state index is 9.72. The van der Waals surface area contributed by atoms with Crippen LogP contribution in [0.2, 0.25) is 0 Å². The van der Waals surface area contributed by atoms with Gasteiger partial charge in [0.15, 0.2) is 0 Å². The minimum Gasteiger partial charge on any atom is -0.492 e. The molecular formula is C15H23NO2. The minimum atomic E-state index is -0.479. The van der Waals surface area contributed by atoms with Gasteiger partial charge in [-0.05, 0) is 51.4 Å². The van der Waals surface area contributed by atoms with E-state index in [1.807, 2.05) is 25.1 Å². The van der Waals surface area contributed by atoms with Crippen molar-refractivity contribution in [3.63, 3.8) is 0 Å². The van der Waals surface area contributed by atoms with Gasteiger partial charge in [-0.15, -0.1) is 0 Å². The number of hydrogen-bond donors (Lipinski definition) is 1. The Balaban J connectivity index is 1.92. The molecule has 1 heterocycles. The Bertz CT molecular complexity index is 384. The number of aliphatic hydroxyl groups excluding tert-OH is 1. The number of benzene rings is 1. The highest BCUT2D eigenvalue weighted by molar-refractivity contribution is 5.38. The largest absolute Gasteiger partial charge is 0.492 e. The number of hydrogen-bond acceptors (Lipinski definition) is 3. The van der Waals surface area contributed by atoms with Gasteiger partial charge < -0.3 is 9.84 Å². The number of likely N-dealkylation sites (tertiary alicyclic amines) is 1. The number of nitrogens with zero attached hydrogens (tertiary/aromatic N) is 1. The zero-order valence-corrected chi connectivity index (χ0v) is 11.4. The second-order valence-electron chi connectivity index (χ2n) is 5.11. The average molecular weight is 249 g/mol. The van der Waals surface area contributed by atoms with E-state index in [9.17, 15) is 5.11 Å². The third kappa shape index (κ3) is 3.47. The van der Waals surface area contributed by atoms with Crippen LogP contribution in [0.15, 0.2) is 18.2 Å². The second-order valence-corrected chi connectivity index (χ2v) is 5.11. The lowest BCUT2D eigenvalue weighted by Crippen LogP contribution is -2.25. The molecule has 100 valence electrons. The van der Waals surface area contributed by atoms with Gasteiger partial charge in [-0.1, -0.05) is 12.1 Å². The summed E-state index contributed by atoms with van der Waals surface area (Å²) in [6.07, 6.45) is 2.14. The Labute approximate surface area is 109 Å². The molecular weight excluding hydrogens is 226 g/mol. The first-order valence-electron chi connectivity index (χ1n) is 6.80. The zero-order chi connectivity index (χ0) is 13.0. The highest BCUT2D eigenvalue weighted by Gasteiger charge is 2.12. The van der Waals surface area contributed by atoms with Crippen LogP contribution in [0.5, 0.6) is 5.75 Å². The smallest absolute Gasteiger partial charge is 0.125 e. The lowest BCUT2D eigenvalue weighted by molar-refractivity contribution is 0.186. The van der Waals surface area contributed by atoms with Gasteiger partial charge in [-0.25, -0.2) is 0 Å². The van der Waals surface area contributed by atoms with E-state index >= 15 is 0 Å². The van der Waals surface area contributed by atoms with Crippen LogP contribution in [0.25, 0.3) is 0 Å². The van der Waals surface area contributed by atoms with E-state index in [1.165, 1.54) is 25.9 Å². The molecule has 1 atom stereocenters. The third-order valence-corrected chi connectivity index (χ3v) is 3.48. The molecule has 1 aromatic carbocycles. The van der Waals surface area contributed by atoms with Crippen molar-refractivity contribution >= 4 is 0 Å². The number of aliphatic hydroxyl groups is 1. The molecule has 0 bridgehead atoms. The van der Waals surface area contributed by atoms with E-state index in [4.69, 9.17) is 4.74 Å². The SMILES string of the molecule is Cc1ccc([C@@H](C)O)c(OCCN2CCCC2)c1. The minimum absolute atomic E-state index is 0.479. The molecule has 1 N–H and O–H groups in total. The topological polar surface area (TPSA) is 32.7 Å². The van der Waals surface area contributed by atoms with Gasteiger partial charge in [0.1, 0.15) is 12.4 Å². The van der Waals surface area contributed by atoms with Crippen molar-refractivity contribution in [3.8, 4) is 5.75 Å². The molecule has 0 saturated carbocycles. The molecule has 18 heavy (non-hydrogen) atoms. The normalized spacial score (nSPS) is 17.9. The van der Waals surface area contributed by atoms with Gasteiger partial charge in [0.05, 0.1) is 6.10 Å². The second kappa shape index (κ2) is 6.21. The standard InChI is InChI=1S/C15H23NO2/c1-12-5-6-14(13(2)17)15(11-12)18-10-9-16-7-3-4-8-16/h5-6,11,13,17H,3-4,7-10H2,1-2H3/t13-/m1/s1. The number of rotatable bonds is 5. The van der Waals surface area contributed by atoms with Gasteiger partial charge in [0, 0.05) is 12.1 Å². The van der Waals surface area contributed by atoms with Crippen LogP contribution in [-0.4, -0.2) is 36.2 Å². The van der Waals surface area contributed by atoms with Crippen LogP contribution in [0, 0.1) is 6.92 Å². The van der Waals surface area contributed by atoms with Gasteiger partial charge in [-0.3, -0.25) is 4.90 Å². The predicted octanol–water partition coefficient (Wildman–Crippen LogP) is 2.52.